The summed E-state index contributed by atoms with van der Waals surface area (Å²) in [6, 6.07) is 12.1. The van der Waals surface area contributed by atoms with Crippen LogP contribution in [0.2, 0.25) is 10.0 Å². The number of aliphatic imine (C=N–C) groups is 1. The molecule has 134 valence electrons. The highest BCUT2D eigenvalue weighted by Gasteiger charge is 2.10. The van der Waals surface area contributed by atoms with E-state index in [2.05, 4.69) is 10.3 Å². The number of nitrogens with two attached hydrogens (primary N) is 2. The summed E-state index contributed by atoms with van der Waals surface area (Å²) >= 11 is 12.1. The summed E-state index contributed by atoms with van der Waals surface area (Å²) in [7, 11) is 0. The smallest absolute Gasteiger partial charge is 0.248 e. The lowest BCUT2D eigenvalue weighted by Crippen LogP contribution is -2.34. The Labute approximate surface area is 173 Å². The van der Waals surface area contributed by atoms with Gasteiger partial charge in [0.1, 0.15) is 0 Å². The summed E-state index contributed by atoms with van der Waals surface area (Å²) < 4.78 is 0. The number of hydrogen-bond acceptors (Lipinski definition) is 2. The minimum Gasteiger partial charge on any atom is -0.370 e. The zero-order chi connectivity index (χ0) is 17.7. The molecule has 2 aromatic rings. The lowest BCUT2D eigenvalue weighted by Gasteiger charge is -2.16. The second-order valence-corrected chi connectivity index (χ2v) is 6.14. The monoisotopic (exact) mass is 492 g/mol. The van der Waals surface area contributed by atoms with Gasteiger partial charge in [-0.15, -0.1) is 24.0 Å². The summed E-state index contributed by atoms with van der Waals surface area (Å²) in [6.45, 7) is 2.32. The largest absolute Gasteiger partial charge is 0.370 e. The van der Waals surface area contributed by atoms with Crippen molar-refractivity contribution in [2.45, 2.75) is 19.5 Å². The SMILES string of the molecule is CC(NC(N)=NCc1ccc(C(N)=O)cc1)c1ccc(Cl)cc1Cl.I. The van der Waals surface area contributed by atoms with Crippen LogP contribution in [0, 0.1) is 0 Å². The first-order valence-corrected chi connectivity index (χ1v) is 8.02. The van der Waals surface area contributed by atoms with Crippen LogP contribution >= 0.6 is 47.2 Å². The molecular formula is C17H19Cl2IN4O. The van der Waals surface area contributed by atoms with Gasteiger partial charge >= 0.3 is 0 Å². The molecule has 0 aliphatic carbocycles. The van der Waals surface area contributed by atoms with Crippen LogP contribution in [0.25, 0.3) is 0 Å². The number of benzene rings is 2. The van der Waals surface area contributed by atoms with Gasteiger partial charge in [0.2, 0.25) is 5.91 Å². The van der Waals surface area contributed by atoms with Crippen LogP contribution in [0.5, 0.6) is 0 Å². The molecule has 0 aliphatic rings. The predicted molar refractivity (Wildman–Crippen MR) is 114 cm³/mol. The number of amides is 1. The zero-order valence-corrected chi connectivity index (χ0v) is 17.3. The Balaban J connectivity index is 0.00000312. The van der Waals surface area contributed by atoms with Crippen LogP contribution in [0.3, 0.4) is 0 Å². The van der Waals surface area contributed by atoms with Crippen molar-refractivity contribution >= 4 is 59.0 Å². The van der Waals surface area contributed by atoms with Gasteiger partial charge in [0.05, 0.1) is 12.6 Å². The molecule has 0 saturated heterocycles. The van der Waals surface area contributed by atoms with Crippen LogP contribution in [-0.2, 0) is 6.54 Å². The van der Waals surface area contributed by atoms with E-state index in [1.54, 1.807) is 36.4 Å². The Kier molecular flexibility index (Phi) is 8.47. The molecular weight excluding hydrogens is 474 g/mol. The van der Waals surface area contributed by atoms with E-state index >= 15 is 0 Å². The maximum Gasteiger partial charge on any atom is 0.248 e. The van der Waals surface area contributed by atoms with Gasteiger partial charge in [-0.1, -0.05) is 41.4 Å². The number of carbonyl (C=O) groups is 1. The topological polar surface area (TPSA) is 93.5 Å². The maximum atomic E-state index is 11.0. The minimum atomic E-state index is -0.458. The molecule has 0 aromatic heterocycles. The molecule has 5 N–H and O–H groups in total. The van der Waals surface area contributed by atoms with Gasteiger partial charge in [-0.05, 0) is 42.3 Å². The fourth-order valence-corrected chi connectivity index (χ4v) is 2.72. The number of carbonyl (C=O) groups excluding carboxylic acids is 1. The van der Waals surface area contributed by atoms with E-state index in [0.29, 0.717) is 28.1 Å². The van der Waals surface area contributed by atoms with Gasteiger partial charge in [0.15, 0.2) is 5.96 Å². The van der Waals surface area contributed by atoms with Gasteiger partial charge in [0.25, 0.3) is 0 Å². The second kappa shape index (κ2) is 9.84. The van der Waals surface area contributed by atoms with Crippen molar-refractivity contribution in [2.24, 2.45) is 16.5 Å². The summed E-state index contributed by atoms with van der Waals surface area (Å²) in [5.41, 5.74) is 13.4. The standard InChI is InChI=1S/C17H18Cl2N4O.HI/c1-10(14-7-6-13(18)8-15(14)19)23-17(21)22-9-11-2-4-12(5-3-11)16(20)24;/h2-8,10H,9H2,1H3,(H2,20,24)(H3,21,22,23);1H. The zero-order valence-electron chi connectivity index (χ0n) is 13.5. The lowest BCUT2D eigenvalue weighted by molar-refractivity contribution is 0.100. The van der Waals surface area contributed by atoms with E-state index in [-0.39, 0.29) is 30.0 Å². The predicted octanol–water partition coefficient (Wildman–Crippen LogP) is 3.88. The minimum absolute atomic E-state index is 0. The Bertz CT molecular complexity index is 766. The molecule has 0 radical (unpaired) electrons. The van der Waals surface area contributed by atoms with E-state index in [4.69, 9.17) is 34.7 Å². The lowest BCUT2D eigenvalue weighted by atomic mass is 10.1. The molecule has 0 saturated carbocycles. The summed E-state index contributed by atoms with van der Waals surface area (Å²) in [5, 5.41) is 4.23. The molecule has 0 bridgehead atoms. The third kappa shape index (κ3) is 6.37. The molecule has 1 amide bonds. The van der Waals surface area contributed by atoms with Crippen molar-refractivity contribution in [3.63, 3.8) is 0 Å². The van der Waals surface area contributed by atoms with E-state index in [9.17, 15) is 4.79 Å². The number of guanidine groups is 1. The van der Waals surface area contributed by atoms with Crippen molar-refractivity contribution in [3.05, 3.63) is 69.2 Å². The van der Waals surface area contributed by atoms with Gasteiger partial charge in [-0.25, -0.2) is 4.99 Å². The van der Waals surface area contributed by atoms with Crippen LogP contribution in [-0.4, -0.2) is 11.9 Å². The number of nitrogens with one attached hydrogen (secondary N) is 1. The van der Waals surface area contributed by atoms with Crippen molar-refractivity contribution < 1.29 is 4.79 Å². The molecule has 0 heterocycles. The Hall–Kier alpha value is -1.51. The first-order chi connectivity index (χ1) is 11.4. The second-order valence-electron chi connectivity index (χ2n) is 5.29. The fourth-order valence-electron chi connectivity index (χ4n) is 2.15. The normalized spacial score (nSPS) is 12.2. The van der Waals surface area contributed by atoms with Crippen LogP contribution < -0.4 is 16.8 Å². The molecule has 2 rings (SSSR count). The molecule has 25 heavy (non-hydrogen) atoms. The molecule has 1 unspecified atom stereocenters. The van der Waals surface area contributed by atoms with Gasteiger partial charge in [-0.3, -0.25) is 4.79 Å². The molecule has 1 atom stereocenters. The number of primary amides is 1. The molecule has 8 heteroatoms. The Morgan fingerprint density at radius 1 is 1.16 bits per heavy atom. The Morgan fingerprint density at radius 3 is 2.36 bits per heavy atom. The fraction of sp³-hybridized carbons (Fsp3) is 0.176. The van der Waals surface area contributed by atoms with Gasteiger partial charge in [0, 0.05) is 15.6 Å². The molecule has 0 aliphatic heterocycles. The highest BCUT2D eigenvalue weighted by atomic mass is 127. The number of rotatable bonds is 5. The van der Waals surface area contributed by atoms with Gasteiger partial charge < -0.3 is 16.8 Å². The molecule has 0 spiro atoms. The average molecular weight is 493 g/mol. The molecule has 5 nitrogen and oxygen atoms in total. The van der Waals surface area contributed by atoms with Crippen LogP contribution in [0.15, 0.2) is 47.5 Å². The third-order valence-electron chi connectivity index (χ3n) is 3.46. The number of hydrogen-bond donors (Lipinski definition) is 3. The first kappa shape index (κ1) is 21.5. The van der Waals surface area contributed by atoms with Crippen molar-refractivity contribution in [2.75, 3.05) is 0 Å². The maximum absolute atomic E-state index is 11.0. The molecule has 2 aromatic carbocycles. The summed E-state index contributed by atoms with van der Waals surface area (Å²) in [6.07, 6.45) is 0. The first-order valence-electron chi connectivity index (χ1n) is 7.27. The van der Waals surface area contributed by atoms with Crippen LogP contribution in [0.1, 0.15) is 34.5 Å². The summed E-state index contributed by atoms with van der Waals surface area (Å²) in [4.78, 5) is 15.3. The van der Waals surface area contributed by atoms with Crippen molar-refractivity contribution in [1.82, 2.24) is 5.32 Å². The van der Waals surface area contributed by atoms with Crippen molar-refractivity contribution in [1.29, 1.82) is 0 Å². The van der Waals surface area contributed by atoms with Crippen LogP contribution in [0.4, 0.5) is 0 Å². The number of nitrogens with zero attached hydrogens (tertiary/aromatic N) is 1. The van der Waals surface area contributed by atoms with E-state index < -0.39 is 5.91 Å². The summed E-state index contributed by atoms with van der Waals surface area (Å²) in [5.74, 6) is -0.160. The number of halogens is 3. The van der Waals surface area contributed by atoms with E-state index in [0.717, 1.165) is 11.1 Å². The van der Waals surface area contributed by atoms with Crippen molar-refractivity contribution in [3.8, 4) is 0 Å². The van der Waals surface area contributed by atoms with E-state index in [1.807, 2.05) is 13.0 Å². The third-order valence-corrected chi connectivity index (χ3v) is 4.03. The highest BCUT2D eigenvalue weighted by Crippen LogP contribution is 2.25. The van der Waals surface area contributed by atoms with Gasteiger partial charge in [-0.2, -0.15) is 0 Å². The average Bonchev–Trinajstić information content (AvgIpc) is 2.53. The highest BCUT2D eigenvalue weighted by molar-refractivity contribution is 14.0. The quantitative estimate of drug-likeness (QED) is 0.336. The molecule has 0 fully saturated rings. The Morgan fingerprint density at radius 2 is 1.80 bits per heavy atom. The van der Waals surface area contributed by atoms with E-state index in [1.165, 1.54) is 0 Å².